The van der Waals surface area contributed by atoms with Gasteiger partial charge >= 0.3 is 0 Å². The Hall–Kier alpha value is -0.0800. The first-order valence-electron chi connectivity index (χ1n) is 4.70. The maximum Gasteiger partial charge on any atom is 0.0622 e. The minimum Gasteiger partial charge on any atom is -0.378 e. The van der Waals surface area contributed by atoms with Crippen LogP contribution < -0.4 is 0 Å². The fraction of sp³-hybridized carbons (Fsp3) is 1.00. The summed E-state index contributed by atoms with van der Waals surface area (Å²) in [4.78, 5) is 2.55. The average molecular weight is 157 g/mol. The quantitative estimate of drug-likeness (QED) is 0.615. The number of rotatable bonds is 3. The van der Waals surface area contributed by atoms with E-state index in [4.69, 9.17) is 4.74 Å². The molecule has 0 radical (unpaired) electrons. The van der Waals surface area contributed by atoms with E-state index in [1.165, 1.54) is 19.4 Å². The van der Waals surface area contributed by atoms with Gasteiger partial charge in [0.05, 0.1) is 13.2 Å². The maximum absolute atomic E-state index is 5.41. The van der Waals surface area contributed by atoms with E-state index >= 15 is 0 Å². The van der Waals surface area contributed by atoms with Crippen molar-refractivity contribution in [3.63, 3.8) is 0 Å². The molecular formula is C9H19NO. The zero-order chi connectivity index (χ0) is 8.10. The largest absolute Gasteiger partial charge is 0.378 e. The number of nitrogens with zero attached hydrogens (tertiary/aromatic N) is 1. The van der Waals surface area contributed by atoms with Crippen LogP contribution in [0.15, 0.2) is 0 Å². The van der Waals surface area contributed by atoms with Crippen molar-refractivity contribution in [2.45, 2.75) is 32.7 Å². The molecule has 0 N–H and O–H groups in total. The highest BCUT2D eigenvalue weighted by Gasteiger charge is 2.19. The highest BCUT2D eigenvalue weighted by atomic mass is 16.5. The minimum absolute atomic E-state index is 0.684. The van der Waals surface area contributed by atoms with Gasteiger partial charge in [-0.25, -0.2) is 0 Å². The zero-order valence-corrected chi connectivity index (χ0v) is 7.68. The molecule has 1 aliphatic rings. The van der Waals surface area contributed by atoms with Crippen LogP contribution in [0.25, 0.3) is 0 Å². The molecule has 1 fully saturated rings. The van der Waals surface area contributed by atoms with Crippen molar-refractivity contribution in [3.8, 4) is 0 Å². The molecule has 0 spiro atoms. The van der Waals surface area contributed by atoms with Gasteiger partial charge < -0.3 is 4.74 Å². The summed E-state index contributed by atoms with van der Waals surface area (Å²) in [5.41, 5.74) is 0. The van der Waals surface area contributed by atoms with Gasteiger partial charge in [0.2, 0.25) is 0 Å². The molecule has 1 aliphatic heterocycles. The molecule has 0 aromatic heterocycles. The fourth-order valence-corrected chi connectivity index (χ4v) is 1.65. The summed E-state index contributed by atoms with van der Waals surface area (Å²) in [6, 6.07) is 0.684. The molecule has 2 heteroatoms. The molecule has 0 unspecified atom stereocenters. The van der Waals surface area contributed by atoms with Crippen LogP contribution >= 0.6 is 0 Å². The van der Waals surface area contributed by atoms with Crippen molar-refractivity contribution < 1.29 is 4.74 Å². The fourth-order valence-electron chi connectivity index (χ4n) is 1.65. The van der Waals surface area contributed by atoms with Crippen molar-refractivity contribution >= 4 is 0 Å². The second-order valence-electron chi connectivity index (χ2n) is 3.17. The van der Waals surface area contributed by atoms with Gasteiger partial charge in [0.15, 0.2) is 0 Å². The van der Waals surface area contributed by atoms with Gasteiger partial charge in [-0.15, -0.1) is 0 Å². The molecule has 0 aromatic rings. The third-order valence-electron chi connectivity index (χ3n) is 2.33. The van der Waals surface area contributed by atoms with Crippen LogP contribution in [0.2, 0.25) is 0 Å². The van der Waals surface area contributed by atoms with Crippen LogP contribution in [0.3, 0.4) is 0 Å². The molecule has 1 heterocycles. The lowest BCUT2D eigenvalue weighted by molar-refractivity contribution is -0.00837. The smallest absolute Gasteiger partial charge is 0.0622 e. The van der Waals surface area contributed by atoms with E-state index in [1.54, 1.807) is 0 Å². The topological polar surface area (TPSA) is 12.5 Å². The van der Waals surface area contributed by atoms with E-state index in [0.29, 0.717) is 6.04 Å². The summed E-state index contributed by atoms with van der Waals surface area (Å²) in [6.07, 6.45) is 2.48. The average Bonchev–Trinajstić information content (AvgIpc) is 2.06. The summed E-state index contributed by atoms with van der Waals surface area (Å²) in [6.45, 7) is 8.71. The van der Waals surface area contributed by atoms with E-state index < -0.39 is 0 Å². The second-order valence-corrected chi connectivity index (χ2v) is 3.17. The lowest BCUT2D eigenvalue weighted by atomic mass is 10.1. The molecule has 0 saturated carbocycles. The summed E-state index contributed by atoms with van der Waals surface area (Å²) in [7, 11) is 0. The lowest BCUT2D eigenvalue weighted by Crippen LogP contribution is -2.45. The molecule has 0 amide bonds. The molecule has 0 aromatic carbocycles. The van der Waals surface area contributed by atoms with Crippen molar-refractivity contribution in [1.82, 2.24) is 4.90 Å². The van der Waals surface area contributed by atoms with Crippen LogP contribution in [0.4, 0.5) is 0 Å². The Morgan fingerprint density at radius 2 is 2.27 bits per heavy atom. The van der Waals surface area contributed by atoms with Crippen LogP contribution in [0.5, 0.6) is 0 Å². The standard InChI is InChI=1S/C9H19NO/c1-3-5-10-6-7-11-8-9(10)4-2/h9H,3-8H2,1-2H3/t9-/m0/s1. The van der Waals surface area contributed by atoms with Crippen LogP contribution in [-0.4, -0.2) is 37.2 Å². The van der Waals surface area contributed by atoms with Gasteiger partial charge in [-0.3, -0.25) is 4.90 Å². The summed E-state index contributed by atoms with van der Waals surface area (Å²) < 4.78 is 5.41. The second kappa shape index (κ2) is 4.73. The van der Waals surface area contributed by atoms with Gasteiger partial charge in [-0.1, -0.05) is 13.8 Å². The molecule has 1 saturated heterocycles. The number of hydrogen-bond donors (Lipinski definition) is 0. The normalized spacial score (nSPS) is 27.3. The third-order valence-corrected chi connectivity index (χ3v) is 2.33. The molecule has 1 atom stereocenters. The minimum atomic E-state index is 0.684. The van der Waals surface area contributed by atoms with Crippen molar-refractivity contribution in [1.29, 1.82) is 0 Å². The van der Waals surface area contributed by atoms with E-state index in [-0.39, 0.29) is 0 Å². The van der Waals surface area contributed by atoms with Crippen LogP contribution in [0.1, 0.15) is 26.7 Å². The van der Waals surface area contributed by atoms with Gasteiger partial charge in [-0.2, -0.15) is 0 Å². The first-order valence-corrected chi connectivity index (χ1v) is 4.70. The number of hydrogen-bond acceptors (Lipinski definition) is 2. The summed E-state index contributed by atoms with van der Waals surface area (Å²) in [5, 5.41) is 0. The zero-order valence-electron chi connectivity index (χ0n) is 7.68. The van der Waals surface area contributed by atoms with Gasteiger partial charge in [0, 0.05) is 12.6 Å². The molecule has 66 valence electrons. The number of morpholine rings is 1. The summed E-state index contributed by atoms with van der Waals surface area (Å²) in [5.74, 6) is 0. The Bertz CT molecular complexity index is 104. The Labute approximate surface area is 69.5 Å². The van der Waals surface area contributed by atoms with Crippen molar-refractivity contribution in [2.75, 3.05) is 26.3 Å². The summed E-state index contributed by atoms with van der Waals surface area (Å²) >= 11 is 0. The predicted molar refractivity (Wildman–Crippen MR) is 46.8 cm³/mol. The monoisotopic (exact) mass is 157 g/mol. The van der Waals surface area contributed by atoms with E-state index in [0.717, 1.165) is 19.8 Å². The molecule has 0 bridgehead atoms. The molecule has 2 nitrogen and oxygen atoms in total. The van der Waals surface area contributed by atoms with Gasteiger partial charge in [0.1, 0.15) is 0 Å². The van der Waals surface area contributed by atoms with Gasteiger partial charge in [-0.05, 0) is 19.4 Å². The van der Waals surface area contributed by atoms with Crippen LogP contribution in [0, 0.1) is 0 Å². The Morgan fingerprint density at radius 3 is 2.91 bits per heavy atom. The van der Waals surface area contributed by atoms with E-state index in [2.05, 4.69) is 18.7 Å². The van der Waals surface area contributed by atoms with Crippen molar-refractivity contribution in [2.24, 2.45) is 0 Å². The Morgan fingerprint density at radius 1 is 1.45 bits per heavy atom. The van der Waals surface area contributed by atoms with E-state index in [9.17, 15) is 0 Å². The first kappa shape index (κ1) is 9.01. The number of ether oxygens (including phenoxy) is 1. The molecule has 1 rings (SSSR count). The molecule has 0 aliphatic carbocycles. The van der Waals surface area contributed by atoms with Crippen LogP contribution in [-0.2, 0) is 4.74 Å². The highest BCUT2D eigenvalue weighted by molar-refractivity contribution is 4.72. The van der Waals surface area contributed by atoms with Crippen molar-refractivity contribution in [3.05, 3.63) is 0 Å². The maximum atomic E-state index is 5.41. The molecule has 11 heavy (non-hydrogen) atoms. The first-order chi connectivity index (χ1) is 5.38. The lowest BCUT2D eigenvalue weighted by Gasteiger charge is -2.34. The van der Waals surface area contributed by atoms with Gasteiger partial charge in [0.25, 0.3) is 0 Å². The third kappa shape index (κ3) is 2.46. The highest BCUT2D eigenvalue weighted by Crippen LogP contribution is 2.09. The SMILES string of the molecule is CCCN1CCOC[C@@H]1CC. The Balaban J connectivity index is 2.31. The predicted octanol–water partition coefficient (Wildman–Crippen LogP) is 1.51. The Kier molecular flexibility index (Phi) is 3.87. The molecular weight excluding hydrogens is 138 g/mol. The van der Waals surface area contributed by atoms with E-state index in [1.807, 2.05) is 0 Å².